The molecule has 0 saturated carbocycles. The van der Waals surface area contributed by atoms with Crippen molar-refractivity contribution in [3.05, 3.63) is 23.3 Å². The molecule has 0 saturated heterocycles. The molecule has 0 heterocycles. The van der Waals surface area contributed by atoms with Crippen LogP contribution in [0.1, 0.15) is 5.56 Å². The van der Waals surface area contributed by atoms with Crippen molar-refractivity contribution in [3.8, 4) is 11.8 Å². The molecule has 0 aliphatic carbocycles. The van der Waals surface area contributed by atoms with Gasteiger partial charge in [-0.05, 0) is 12.3 Å². The van der Waals surface area contributed by atoms with Gasteiger partial charge in [-0.15, -0.1) is 11.8 Å². The van der Waals surface area contributed by atoms with Gasteiger partial charge in [0.2, 0.25) is 0 Å². The van der Waals surface area contributed by atoms with Crippen LogP contribution in [0.5, 0.6) is 5.75 Å². The van der Waals surface area contributed by atoms with Crippen LogP contribution in [0.15, 0.2) is 11.0 Å². The monoisotopic (exact) mass is 201 g/mol. The number of nitriles is 1. The van der Waals surface area contributed by atoms with Gasteiger partial charge in [-0.3, -0.25) is 0 Å². The summed E-state index contributed by atoms with van der Waals surface area (Å²) in [5.41, 5.74) is -0.261. The van der Waals surface area contributed by atoms with Crippen LogP contribution in [-0.2, 0) is 0 Å². The van der Waals surface area contributed by atoms with Gasteiger partial charge < -0.3 is 5.11 Å². The lowest BCUT2D eigenvalue weighted by Gasteiger charge is -2.04. The Labute approximate surface area is 77.8 Å². The van der Waals surface area contributed by atoms with E-state index in [1.807, 2.05) is 0 Å². The Balaban J connectivity index is 3.50. The second-order valence-electron chi connectivity index (χ2n) is 2.21. The SMILES string of the molecule is CSc1c(O)c(C#N)cc(F)c1F. The molecule has 0 amide bonds. The third-order valence-corrected chi connectivity index (χ3v) is 2.26. The van der Waals surface area contributed by atoms with Crippen LogP contribution >= 0.6 is 11.8 Å². The van der Waals surface area contributed by atoms with Crippen LogP contribution in [0.2, 0.25) is 0 Å². The highest BCUT2D eigenvalue weighted by Crippen LogP contribution is 2.33. The number of nitrogens with zero attached hydrogens (tertiary/aromatic N) is 1. The quantitative estimate of drug-likeness (QED) is 0.709. The summed E-state index contributed by atoms with van der Waals surface area (Å²) in [6.45, 7) is 0. The van der Waals surface area contributed by atoms with Gasteiger partial charge in [0.05, 0.1) is 10.5 Å². The van der Waals surface area contributed by atoms with E-state index in [0.717, 1.165) is 11.8 Å². The molecule has 1 rings (SSSR count). The summed E-state index contributed by atoms with van der Waals surface area (Å²) in [6.07, 6.45) is 1.48. The predicted molar refractivity (Wildman–Crippen MR) is 44.5 cm³/mol. The Bertz CT molecular complexity index is 387. The first kappa shape index (κ1) is 9.81. The van der Waals surface area contributed by atoms with Crippen molar-refractivity contribution in [3.63, 3.8) is 0 Å². The van der Waals surface area contributed by atoms with Crippen molar-refractivity contribution in [1.82, 2.24) is 0 Å². The fourth-order valence-electron chi connectivity index (χ4n) is 0.865. The molecule has 0 atom stereocenters. The number of aromatic hydroxyl groups is 1. The third-order valence-electron chi connectivity index (χ3n) is 1.47. The lowest BCUT2D eigenvalue weighted by Crippen LogP contribution is -1.91. The number of halogens is 2. The van der Waals surface area contributed by atoms with E-state index in [1.54, 1.807) is 6.07 Å². The first-order chi connectivity index (χ1) is 6.11. The first-order valence-electron chi connectivity index (χ1n) is 3.26. The fraction of sp³-hybridized carbons (Fsp3) is 0.125. The zero-order valence-electron chi connectivity index (χ0n) is 6.64. The van der Waals surface area contributed by atoms with E-state index in [-0.39, 0.29) is 10.5 Å². The van der Waals surface area contributed by atoms with Crippen molar-refractivity contribution in [2.75, 3.05) is 6.26 Å². The number of phenolic OH excluding ortho intramolecular Hbond substituents is 1. The molecule has 5 heteroatoms. The summed E-state index contributed by atoms with van der Waals surface area (Å²) in [4.78, 5) is -0.239. The van der Waals surface area contributed by atoms with E-state index in [0.29, 0.717) is 6.07 Å². The zero-order valence-corrected chi connectivity index (χ0v) is 7.45. The molecule has 1 aromatic carbocycles. The van der Waals surface area contributed by atoms with Crippen molar-refractivity contribution in [2.45, 2.75) is 4.90 Å². The maximum atomic E-state index is 12.9. The van der Waals surface area contributed by atoms with Crippen LogP contribution in [0.25, 0.3) is 0 Å². The Morgan fingerprint density at radius 3 is 2.62 bits per heavy atom. The molecule has 0 aromatic heterocycles. The molecule has 0 aliphatic rings. The van der Waals surface area contributed by atoms with Crippen molar-refractivity contribution in [1.29, 1.82) is 5.26 Å². The van der Waals surface area contributed by atoms with Crippen molar-refractivity contribution in [2.24, 2.45) is 0 Å². The van der Waals surface area contributed by atoms with Gasteiger partial charge >= 0.3 is 0 Å². The topological polar surface area (TPSA) is 44.0 Å². The van der Waals surface area contributed by atoms with E-state index < -0.39 is 17.4 Å². The average molecular weight is 201 g/mol. The molecule has 13 heavy (non-hydrogen) atoms. The number of thioether (sulfide) groups is 1. The minimum atomic E-state index is -1.13. The van der Waals surface area contributed by atoms with Crippen LogP contribution in [0, 0.1) is 23.0 Å². The highest BCUT2D eigenvalue weighted by molar-refractivity contribution is 7.98. The molecule has 0 radical (unpaired) electrons. The summed E-state index contributed by atoms with van der Waals surface area (Å²) in [5, 5.41) is 17.7. The summed E-state index contributed by atoms with van der Waals surface area (Å²) < 4.78 is 25.7. The van der Waals surface area contributed by atoms with E-state index in [4.69, 9.17) is 5.26 Å². The molecule has 0 aliphatic heterocycles. The minimum absolute atomic E-state index is 0.239. The second-order valence-corrected chi connectivity index (χ2v) is 3.03. The Hall–Kier alpha value is -1.28. The molecule has 0 unspecified atom stereocenters. The molecular weight excluding hydrogens is 196 g/mol. The number of hydrogen-bond donors (Lipinski definition) is 1. The highest BCUT2D eigenvalue weighted by atomic mass is 32.2. The van der Waals surface area contributed by atoms with Gasteiger partial charge in [0.25, 0.3) is 0 Å². The number of rotatable bonds is 1. The third kappa shape index (κ3) is 1.58. The fourth-order valence-corrected chi connectivity index (χ4v) is 1.44. The van der Waals surface area contributed by atoms with Crippen molar-refractivity contribution < 1.29 is 13.9 Å². The number of phenols is 1. The number of hydrogen-bond acceptors (Lipinski definition) is 3. The highest BCUT2D eigenvalue weighted by Gasteiger charge is 2.16. The lowest BCUT2D eigenvalue weighted by atomic mass is 10.2. The van der Waals surface area contributed by atoms with Gasteiger partial charge in [-0.2, -0.15) is 5.26 Å². The molecule has 0 bridgehead atoms. The van der Waals surface area contributed by atoms with Gasteiger partial charge in [0.1, 0.15) is 11.8 Å². The molecule has 0 spiro atoms. The smallest absolute Gasteiger partial charge is 0.176 e. The van der Waals surface area contributed by atoms with Gasteiger partial charge in [-0.25, -0.2) is 8.78 Å². The zero-order chi connectivity index (χ0) is 10.0. The maximum Gasteiger partial charge on any atom is 0.176 e. The lowest BCUT2D eigenvalue weighted by molar-refractivity contribution is 0.428. The van der Waals surface area contributed by atoms with E-state index in [9.17, 15) is 13.9 Å². The van der Waals surface area contributed by atoms with Crippen LogP contribution in [0.3, 0.4) is 0 Å². The standard InChI is InChI=1S/C8H5F2NOS/c1-13-8-6(10)5(9)2-4(3-11)7(8)12/h2,12H,1H3. The molecule has 68 valence electrons. The first-order valence-corrected chi connectivity index (χ1v) is 4.49. The summed E-state index contributed by atoms with van der Waals surface area (Å²) in [5.74, 6) is -2.75. The number of benzene rings is 1. The Morgan fingerprint density at radius 1 is 1.54 bits per heavy atom. The van der Waals surface area contributed by atoms with Crippen LogP contribution in [0.4, 0.5) is 8.78 Å². The normalized spacial score (nSPS) is 9.69. The Kier molecular flexibility index (Phi) is 2.73. The van der Waals surface area contributed by atoms with E-state index >= 15 is 0 Å². The summed E-state index contributed by atoms with van der Waals surface area (Å²) in [6, 6.07) is 2.24. The second kappa shape index (κ2) is 3.62. The van der Waals surface area contributed by atoms with Crippen molar-refractivity contribution >= 4 is 11.8 Å². The van der Waals surface area contributed by atoms with Crippen LogP contribution < -0.4 is 0 Å². The van der Waals surface area contributed by atoms with E-state index in [1.165, 1.54) is 6.26 Å². The van der Waals surface area contributed by atoms with Gasteiger partial charge in [0, 0.05) is 0 Å². The summed E-state index contributed by atoms with van der Waals surface area (Å²) >= 11 is 0.850. The summed E-state index contributed by atoms with van der Waals surface area (Å²) in [7, 11) is 0. The van der Waals surface area contributed by atoms with Gasteiger partial charge in [-0.1, -0.05) is 0 Å². The molecule has 2 nitrogen and oxygen atoms in total. The largest absolute Gasteiger partial charge is 0.505 e. The minimum Gasteiger partial charge on any atom is -0.505 e. The molecule has 1 N–H and O–H groups in total. The predicted octanol–water partition coefficient (Wildman–Crippen LogP) is 2.26. The molecule has 0 fully saturated rings. The van der Waals surface area contributed by atoms with Gasteiger partial charge in [0.15, 0.2) is 11.6 Å². The van der Waals surface area contributed by atoms with Crippen LogP contribution in [-0.4, -0.2) is 11.4 Å². The average Bonchev–Trinajstić information content (AvgIpc) is 2.12. The maximum absolute atomic E-state index is 12.9. The Morgan fingerprint density at radius 2 is 2.15 bits per heavy atom. The molecule has 1 aromatic rings. The van der Waals surface area contributed by atoms with E-state index in [2.05, 4.69) is 0 Å². The molecular formula is C8H5F2NOS.